The lowest BCUT2D eigenvalue weighted by Gasteiger charge is -2.26. The molecule has 100 valence electrons. The highest BCUT2D eigenvalue weighted by Gasteiger charge is 2.32. The van der Waals surface area contributed by atoms with Crippen molar-refractivity contribution in [2.45, 2.75) is 23.3 Å². The van der Waals surface area contributed by atoms with Gasteiger partial charge >= 0.3 is 0 Å². The maximum atomic E-state index is 11.0. The molecule has 0 heterocycles. The van der Waals surface area contributed by atoms with Crippen molar-refractivity contribution in [3.8, 4) is 0 Å². The van der Waals surface area contributed by atoms with Gasteiger partial charge in [-0.1, -0.05) is 65.1 Å². The van der Waals surface area contributed by atoms with Crippen LogP contribution in [0.3, 0.4) is 0 Å². The van der Waals surface area contributed by atoms with Gasteiger partial charge in [-0.25, -0.2) is 0 Å². The van der Waals surface area contributed by atoms with E-state index in [1.807, 2.05) is 30.3 Å². The van der Waals surface area contributed by atoms with Gasteiger partial charge in [-0.15, -0.1) is 0 Å². The van der Waals surface area contributed by atoms with Crippen molar-refractivity contribution >= 4 is 40.7 Å². The van der Waals surface area contributed by atoms with Crippen molar-refractivity contribution in [3.63, 3.8) is 0 Å². The average Bonchev–Trinajstić information content (AvgIpc) is 2.27. The normalized spacial score (nSPS) is 13.1. The second kappa shape index (κ2) is 7.19. The number of hydrogen-bond donors (Lipinski definition) is 2. The Kier molecular flexibility index (Phi) is 6.22. The highest BCUT2D eigenvalue weighted by Crippen LogP contribution is 2.28. The first kappa shape index (κ1) is 15.6. The number of nitrogens with one attached hydrogen (secondary N) is 2. The molecule has 1 aromatic carbocycles. The molecule has 0 saturated heterocycles. The van der Waals surface area contributed by atoms with Crippen LogP contribution in [0, 0.1) is 0 Å². The summed E-state index contributed by atoms with van der Waals surface area (Å²) < 4.78 is -1.58. The first-order valence-corrected chi connectivity index (χ1v) is 6.64. The molecular formula is C12H15Cl3N2O. The molecule has 1 amide bonds. The van der Waals surface area contributed by atoms with Crippen molar-refractivity contribution in [3.05, 3.63) is 35.9 Å². The predicted octanol–water partition coefficient (Wildman–Crippen LogP) is 2.65. The standard InChI is InChI=1S/C12H15Cl3N2O/c1-9(18)17-11(12(13,14)15)16-8-7-10-5-3-2-4-6-10/h2-6,11,16H,7-8H2,1H3,(H,17,18)/t11-/m0/s1. The largest absolute Gasteiger partial charge is 0.337 e. The van der Waals surface area contributed by atoms with Gasteiger partial charge in [-0.05, 0) is 12.0 Å². The van der Waals surface area contributed by atoms with Crippen LogP contribution >= 0.6 is 34.8 Å². The number of hydrogen-bond acceptors (Lipinski definition) is 2. The molecule has 0 aliphatic rings. The van der Waals surface area contributed by atoms with Gasteiger partial charge in [0.15, 0.2) is 0 Å². The van der Waals surface area contributed by atoms with E-state index in [4.69, 9.17) is 34.8 Å². The molecular weight excluding hydrogens is 295 g/mol. The van der Waals surface area contributed by atoms with E-state index >= 15 is 0 Å². The Bertz CT molecular complexity index is 379. The molecule has 0 aliphatic heterocycles. The Morgan fingerprint density at radius 3 is 2.39 bits per heavy atom. The van der Waals surface area contributed by atoms with Crippen LogP contribution in [0.15, 0.2) is 30.3 Å². The average molecular weight is 310 g/mol. The maximum Gasteiger partial charge on any atom is 0.223 e. The minimum atomic E-state index is -1.58. The molecule has 1 atom stereocenters. The van der Waals surface area contributed by atoms with Gasteiger partial charge in [0.25, 0.3) is 0 Å². The van der Waals surface area contributed by atoms with Crippen molar-refractivity contribution < 1.29 is 4.79 Å². The molecule has 1 rings (SSSR count). The van der Waals surface area contributed by atoms with Crippen LogP contribution in [-0.2, 0) is 11.2 Å². The quantitative estimate of drug-likeness (QED) is 0.648. The molecule has 0 spiro atoms. The molecule has 0 aromatic heterocycles. The van der Waals surface area contributed by atoms with E-state index in [0.29, 0.717) is 6.54 Å². The zero-order chi connectivity index (χ0) is 13.6. The fourth-order valence-electron chi connectivity index (χ4n) is 1.46. The molecule has 2 N–H and O–H groups in total. The van der Waals surface area contributed by atoms with Gasteiger partial charge in [-0.2, -0.15) is 0 Å². The van der Waals surface area contributed by atoms with Crippen LogP contribution in [0.2, 0.25) is 0 Å². The van der Waals surface area contributed by atoms with E-state index in [0.717, 1.165) is 6.42 Å². The topological polar surface area (TPSA) is 41.1 Å². The monoisotopic (exact) mass is 308 g/mol. The van der Waals surface area contributed by atoms with Gasteiger partial charge in [0.2, 0.25) is 9.70 Å². The van der Waals surface area contributed by atoms with Crippen molar-refractivity contribution in [1.82, 2.24) is 10.6 Å². The first-order valence-electron chi connectivity index (χ1n) is 5.50. The zero-order valence-corrected chi connectivity index (χ0v) is 12.2. The van der Waals surface area contributed by atoms with E-state index < -0.39 is 9.96 Å². The number of halogens is 3. The maximum absolute atomic E-state index is 11.0. The predicted molar refractivity (Wildman–Crippen MR) is 76.0 cm³/mol. The third kappa shape index (κ3) is 5.91. The van der Waals surface area contributed by atoms with Gasteiger partial charge in [-0.3, -0.25) is 10.1 Å². The molecule has 0 radical (unpaired) electrons. The van der Waals surface area contributed by atoms with E-state index in [1.54, 1.807) is 0 Å². The first-order chi connectivity index (χ1) is 8.39. The summed E-state index contributed by atoms with van der Waals surface area (Å²) in [5.74, 6) is -0.251. The summed E-state index contributed by atoms with van der Waals surface area (Å²) in [5.41, 5.74) is 1.18. The molecule has 0 saturated carbocycles. The number of carbonyl (C=O) groups excluding carboxylic acids is 1. The van der Waals surface area contributed by atoms with Crippen LogP contribution in [-0.4, -0.2) is 22.4 Å². The van der Waals surface area contributed by atoms with Crippen molar-refractivity contribution in [2.24, 2.45) is 0 Å². The zero-order valence-electron chi connectivity index (χ0n) is 9.92. The van der Waals surface area contributed by atoms with Gasteiger partial charge in [0.1, 0.15) is 6.17 Å². The Balaban J connectivity index is 2.45. The molecule has 0 aliphatic carbocycles. The minimum absolute atomic E-state index is 0.251. The summed E-state index contributed by atoms with van der Waals surface area (Å²) in [6, 6.07) is 9.93. The second-order valence-corrected chi connectivity index (χ2v) is 6.23. The Labute approximate surface area is 122 Å². The number of amides is 1. The minimum Gasteiger partial charge on any atom is -0.337 e. The molecule has 18 heavy (non-hydrogen) atoms. The molecule has 3 nitrogen and oxygen atoms in total. The highest BCUT2D eigenvalue weighted by atomic mass is 35.6. The summed E-state index contributed by atoms with van der Waals surface area (Å²) in [5, 5.41) is 5.57. The number of alkyl halides is 3. The summed E-state index contributed by atoms with van der Waals surface area (Å²) in [6.45, 7) is 1.98. The molecule has 0 fully saturated rings. The van der Waals surface area contributed by atoms with Crippen molar-refractivity contribution in [1.29, 1.82) is 0 Å². The smallest absolute Gasteiger partial charge is 0.223 e. The Hall–Kier alpha value is -0.480. The second-order valence-electron chi connectivity index (χ2n) is 3.86. The summed E-state index contributed by atoms with van der Waals surface area (Å²) in [6.07, 6.45) is 0.0845. The fraction of sp³-hybridized carbons (Fsp3) is 0.417. The lowest BCUT2D eigenvalue weighted by molar-refractivity contribution is -0.119. The molecule has 1 aromatic rings. The highest BCUT2D eigenvalue weighted by molar-refractivity contribution is 6.68. The van der Waals surface area contributed by atoms with Gasteiger partial charge in [0, 0.05) is 13.5 Å². The Morgan fingerprint density at radius 2 is 1.89 bits per heavy atom. The molecule has 0 unspecified atom stereocenters. The van der Waals surface area contributed by atoms with Crippen LogP contribution < -0.4 is 10.6 Å². The fourth-order valence-corrected chi connectivity index (χ4v) is 1.85. The molecule has 6 heteroatoms. The number of carbonyl (C=O) groups is 1. The number of rotatable bonds is 5. The third-order valence-electron chi connectivity index (χ3n) is 2.28. The van der Waals surface area contributed by atoms with Crippen LogP contribution in [0.1, 0.15) is 12.5 Å². The lowest BCUT2D eigenvalue weighted by atomic mass is 10.1. The third-order valence-corrected chi connectivity index (χ3v) is 2.93. The van der Waals surface area contributed by atoms with Crippen molar-refractivity contribution in [2.75, 3.05) is 6.54 Å². The van der Waals surface area contributed by atoms with Crippen LogP contribution in [0.5, 0.6) is 0 Å². The SMILES string of the molecule is CC(=O)N[C@H](NCCc1ccccc1)C(Cl)(Cl)Cl. The van der Waals surface area contributed by atoms with Crippen LogP contribution in [0.4, 0.5) is 0 Å². The summed E-state index contributed by atoms with van der Waals surface area (Å²) in [7, 11) is 0. The molecule has 0 bridgehead atoms. The Morgan fingerprint density at radius 1 is 1.28 bits per heavy atom. The number of benzene rings is 1. The summed E-state index contributed by atoms with van der Waals surface area (Å²) in [4.78, 5) is 11.0. The van der Waals surface area contributed by atoms with E-state index in [1.165, 1.54) is 12.5 Å². The van der Waals surface area contributed by atoms with Gasteiger partial charge < -0.3 is 5.32 Å². The summed E-state index contributed by atoms with van der Waals surface area (Å²) >= 11 is 17.3. The van der Waals surface area contributed by atoms with Crippen LogP contribution in [0.25, 0.3) is 0 Å². The van der Waals surface area contributed by atoms with E-state index in [9.17, 15) is 4.79 Å². The van der Waals surface area contributed by atoms with E-state index in [2.05, 4.69) is 10.6 Å². The van der Waals surface area contributed by atoms with E-state index in [-0.39, 0.29) is 5.91 Å². The van der Waals surface area contributed by atoms with Gasteiger partial charge in [0.05, 0.1) is 0 Å². The lowest BCUT2D eigenvalue weighted by Crippen LogP contribution is -2.53.